The Hall–Kier alpha value is -0.0400. The van der Waals surface area contributed by atoms with Gasteiger partial charge in [-0.05, 0) is 37.0 Å². The summed E-state index contributed by atoms with van der Waals surface area (Å²) in [5.41, 5.74) is 6.20. The van der Waals surface area contributed by atoms with E-state index < -0.39 is 0 Å². The first-order valence-electron chi connectivity index (χ1n) is 5.54. The van der Waals surface area contributed by atoms with Gasteiger partial charge in [0.15, 0.2) is 0 Å². The lowest BCUT2D eigenvalue weighted by atomic mass is 9.88. The summed E-state index contributed by atoms with van der Waals surface area (Å²) in [6, 6.07) is 0.520. The van der Waals surface area contributed by atoms with Crippen LogP contribution >= 0.6 is 0 Å². The lowest BCUT2D eigenvalue weighted by Gasteiger charge is -2.22. The molecule has 0 amide bonds. The molecule has 1 heteroatoms. The highest BCUT2D eigenvalue weighted by Gasteiger charge is 2.13. The van der Waals surface area contributed by atoms with Crippen molar-refractivity contribution in [3.63, 3.8) is 0 Å². The average molecular weight is 201 g/mol. The van der Waals surface area contributed by atoms with E-state index in [9.17, 15) is 0 Å². The second-order valence-electron chi connectivity index (χ2n) is 6.02. The SMILES string of the molecule is C.CC(C)(C)C.CC1CCC(N)CC1. The van der Waals surface area contributed by atoms with Gasteiger partial charge in [-0.25, -0.2) is 0 Å². The van der Waals surface area contributed by atoms with Crippen LogP contribution in [0.15, 0.2) is 0 Å². The van der Waals surface area contributed by atoms with Crippen LogP contribution in [0.1, 0.15) is 67.7 Å². The first-order chi connectivity index (χ1) is 5.79. The molecule has 14 heavy (non-hydrogen) atoms. The van der Waals surface area contributed by atoms with E-state index in [-0.39, 0.29) is 7.43 Å². The molecule has 0 heterocycles. The summed E-state index contributed by atoms with van der Waals surface area (Å²) < 4.78 is 0. The molecule has 2 N–H and O–H groups in total. The van der Waals surface area contributed by atoms with E-state index in [0.717, 1.165) is 5.92 Å². The molecule has 1 aliphatic rings. The van der Waals surface area contributed by atoms with Crippen molar-refractivity contribution in [3.05, 3.63) is 0 Å². The van der Waals surface area contributed by atoms with Crippen molar-refractivity contribution in [2.45, 2.75) is 73.8 Å². The largest absolute Gasteiger partial charge is 0.328 e. The van der Waals surface area contributed by atoms with E-state index in [2.05, 4.69) is 34.6 Å². The number of rotatable bonds is 0. The maximum atomic E-state index is 5.70. The second kappa shape index (κ2) is 7.28. The van der Waals surface area contributed by atoms with E-state index in [4.69, 9.17) is 5.73 Å². The Balaban J connectivity index is 0. The minimum Gasteiger partial charge on any atom is -0.328 e. The molecule has 0 spiro atoms. The van der Waals surface area contributed by atoms with Crippen LogP contribution in [0.3, 0.4) is 0 Å². The zero-order valence-electron chi connectivity index (χ0n) is 10.1. The van der Waals surface area contributed by atoms with Gasteiger partial charge >= 0.3 is 0 Å². The van der Waals surface area contributed by atoms with Gasteiger partial charge in [0.2, 0.25) is 0 Å². The van der Waals surface area contributed by atoms with Gasteiger partial charge in [0, 0.05) is 6.04 Å². The first kappa shape index (κ1) is 16.4. The second-order valence-corrected chi connectivity index (χ2v) is 6.02. The zero-order valence-corrected chi connectivity index (χ0v) is 10.1. The Morgan fingerprint density at radius 3 is 1.43 bits per heavy atom. The average Bonchev–Trinajstić information content (AvgIpc) is 1.92. The smallest absolute Gasteiger partial charge is 0.00390 e. The van der Waals surface area contributed by atoms with E-state index in [1.165, 1.54) is 25.7 Å². The highest BCUT2D eigenvalue weighted by atomic mass is 14.6. The molecule has 0 atom stereocenters. The van der Waals surface area contributed by atoms with Crippen molar-refractivity contribution in [3.8, 4) is 0 Å². The van der Waals surface area contributed by atoms with Crippen LogP contribution in [-0.4, -0.2) is 6.04 Å². The molecule has 0 saturated heterocycles. The summed E-state index contributed by atoms with van der Waals surface area (Å²) in [4.78, 5) is 0. The Bertz CT molecular complexity index is 99.7. The molecular formula is C13H31N. The van der Waals surface area contributed by atoms with Crippen molar-refractivity contribution in [1.29, 1.82) is 0 Å². The third-order valence-electron chi connectivity index (χ3n) is 2.06. The molecule has 0 radical (unpaired) electrons. The number of nitrogens with two attached hydrogens (primary N) is 1. The zero-order chi connectivity index (χ0) is 10.5. The Labute approximate surface area is 91.5 Å². The van der Waals surface area contributed by atoms with Gasteiger partial charge in [-0.3, -0.25) is 0 Å². The lowest BCUT2D eigenvalue weighted by molar-refractivity contribution is 0.348. The lowest BCUT2D eigenvalue weighted by Crippen LogP contribution is -2.25. The van der Waals surface area contributed by atoms with Crippen LogP contribution in [0.25, 0.3) is 0 Å². The normalized spacial score (nSPS) is 27.0. The van der Waals surface area contributed by atoms with Crippen molar-refractivity contribution in [1.82, 2.24) is 0 Å². The fourth-order valence-electron chi connectivity index (χ4n) is 1.29. The number of hydrogen-bond acceptors (Lipinski definition) is 1. The summed E-state index contributed by atoms with van der Waals surface area (Å²) in [6.45, 7) is 11.1. The van der Waals surface area contributed by atoms with E-state index in [1.54, 1.807) is 0 Å². The third-order valence-corrected chi connectivity index (χ3v) is 2.06. The standard InChI is InChI=1S/C7H15N.C5H12.CH4/c1-6-2-4-7(8)5-3-6;1-5(2,3)4;/h6-7H,2-5,8H2,1H3;1-4H3;1H4. The van der Waals surface area contributed by atoms with Crippen LogP contribution in [0.5, 0.6) is 0 Å². The topological polar surface area (TPSA) is 26.0 Å². The molecule has 0 bridgehead atoms. The predicted octanol–water partition coefficient (Wildman–Crippen LogP) is 4.21. The Morgan fingerprint density at radius 1 is 0.929 bits per heavy atom. The molecule has 1 saturated carbocycles. The van der Waals surface area contributed by atoms with Gasteiger partial charge in [-0.2, -0.15) is 0 Å². The molecule has 1 fully saturated rings. The van der Waals surface area contributed by atoms with Crippen LogP contribution < -0.4 is 5.73 Å². The monoisotopic (exact) mass is 201 g/mol. The maximum Gasteiger partial charge on any atom is 0.00390 e. The van der Waals surface area contributed by atoms with Gasteiger partial charge < -0.3 is 5.73 Å². The highest BCUT2D eigenvalue weighted by molar-refractivity contribution is 4.70. The van der Waals surface area contributed by atoms with Crippen LogP contribution in [0, 0.1) is 11.3 Å². The minimum absolute atomic E-state index is 0. The molecular weight excluding hydrogens is 170 g/mol. The van der Waals surface area contributed by atoms with Crippen molar-refractivity contribution in [2.24, 2.45) is 17.1 Å². The Morgan fingerprint density at radius 2 is 1.21 bits per heavy atom. The summed E-state index contributed by atoms with van der Waals surface area (Å²) in [5.74, 6) is 0.940. The fourth-order valence-corrected chi connectivity index (χ4v) is 1.29. The predicted molar refractivity (Wildman–Crippen MR) is 67.5 cm³/mol. The summed E-state index contributed by atoms with van der Waals surface area (Å²) in [6.07, 6.45) is 5.20. The summed E-state index contributed by atoms with van der Waals surface area (Å²) in [7, 11) is 0. The molecule has 0 aromatic carbocycles. The quantitative estimate of drug-likeness (QED) is 0.624. The molecule has 0 aliphatic heterocycles. The number of hydrogen-bond donors (Lipinski definition) is 1. The van der Waals surface area contributed by atoms with E-state index in [1.807, 2.05) is 0 Å². The molecule has 1 nitrogen and oxygen atoms in total. The Kier molecular flexibility index (Phi) is 8.52. The van der Waals surface area contributed by atoms with Gasteiger partial charge in [0.1, 0.15) is 0 Å². The fraction of sp³-hybridized carbons (Fsp3) is 1.00. The van der Waals surface area contributed by atoms with Crippen LogP contribution in [0.2, 0.25) is 0 Å². The molecule has 1 rings (SSSR count). The van der Waals surface area contributed by atoms with Gasteiger partial charge in [-0.1, -0.05) is 42.0 Å². The van der Waals surface area contributed by atoms with Crippen molar-refractivity contribution in [2.75, 3.05) is 0 Å². The molecule has 0 aromatic heterocycles. The maximum absolute atomic E-state index is 5.70. The van der Waals surface area contributed by atoms with E-state index >= 15 is 0 Å². The minimum atomic E-state index is 0. The highest BCUT2D eigenvalue weighted by Crippen LogP contribution is 2.21. The van der Waals surface area contributed by atoms with Crippen LogP contribution in [-0.2, 0) is 0 Å². The summed E-state index contributed by atoms with van der Waals surface area (Å²) >= 11 is 0. The van der Waals surface area contributed by atoms with Crippen LogP contribution in [0.4, 0.5) is 0 Å². The molecule has 0 unspecified atom stereocenters. The molecule has 88 valence electrons. The van der Waals surface area contributed by atoms with Gasteiger partial charge in [-0.15, -0.1) is 0 Å². The summed E-state index contributed by atoms with van der Waals surface area (Å²) in [5, 5.41) is 0. The molecule has 1 aliphatic carbocycles. The molecule has 0 aromatic rings. The van der Waals surface area contributed by atoms with E-state index in [0.29, 0.717) is 11.5 Å². The van der Waals surface area contributed by atoms with Gasteiger partial charge in [0.05, 0.1) is 0 Å². The van der Waals surface area contributed by atoms with Gasteiger partial charge in [0.25, 0.3) is 0 Å². The third kappa shape index (κ3) is 14.5. The van der Waals surface area contributed by atoms with Crippen molar-refractivity contribution < 1.29 is 0 Å². The first-order valence-corrected chi connectivity index (χ1v) is 5.54. The van der Waals surface area contributed by atoms with Crippen molar-refractivity contribution >= 4 is 0 Å².